The number of thioether (sulfide) groups is 1. The molecule has 2 heterocycles. The molecule has 0 atom stereocenters. The van der Waals surface area contributed by atoms with Crippen molar-refractivity contribution in [2.75, 3.05) is 31.6 Å². The molecule has 1 aliphatic rings. The number of aliphatic imine (C=N–C) groups is 1. The zero-order valence-corrected chi connectivity index (χ0v) is 15.1. The zero-order chi connectivity index (χ0) is 16.7. The van der Waals surface area contributed by atoms with E-state index in [9.17, 15) is 5.11 Å². The molecule has 0 bridgehead atoms. The van der Waals surface area contributed by atoms with E-state index in [0.29, 0.717) is 6.54 Å². The molecule has 1 aromatic rings. The van der Waals surface area contributed by atoms with Gasteiger partial charge in [0, 0.05) is 26.7 Å². The fourth-order valence-electron chi connectivity index (χ4n) is 2.50. The third-order valence-corrected chi connectivity index (χ3v) is 4.82. The van der Waals surface area contributed by atoms with Gasteiger partial charge in [0.2, 0.25) is 0 Å². The summed E-state index contributed by atoms with van der Waals surface area (Å²) in [5.41, 5.74) is 0. The largest absolute Gasteiger partial charge is 0.393 e. The average molecular weight is 340 g/mol. The SMILES string of the molecule is CSCCCNC(=NCc1nnc(C)n1C)N1CCC(O)CC1. The number of aliphatic hydroxyl groups is 1. The smallest absolute Gasteiger partial charge is 0.194 e. The normalized spacial score (nSPS) is 16.9. The third-order valence-electron chi connectivity index (χ3n) is 4.13. The molecule has 130 valence electrons. The van der Waals surface area contributed by atoms with Crippen LogP contribution in [0.2, 0.25) is 0 Å². The maximum Gasteiger partial charge on any atom is 0.194 e. The summed E-state index contributed by atoms with van der Waals surface area (Å²) in [6.07, 6.45) is 4.66. The highest BCUT2D eigenvalue weighted by molar-refractivity contribution is 7.98. The summed E-state index contributed by atoms with van der Waals surface area (Å²) in [5.74, 6) is 3.81. The van der Waals surface area contributed by atoms with Gasteiger partial charge in [0.1, 0.15) is 12.4 Å². The average Bonchev–Trinajstić information content (AvgIpc) is 2.87. The van der Waals surface area contributed by atoms with E-state index >= 15 is 0 Å². The van der Waals surface area contributed by atoms with Gasteiger partial charge in [-0.15, -0.1) is 10.2 Å². The Hall–Kier alpha value is -1.28. The van der Waals surface area contributed by atoms with Gasteiger partial charge in [0.15, 0.2) is 11.8 Å². The molecule has 0 aromatic carbocycles. The van der Waals surface area contributed by atoms with E-state index in [2.05, 4.69) is 26.7 Å². The van der Waals surface area contributed by atoms with Crippen LogP contribution in [-0.4, -0.2) is 68.5 Å². The number of nitrogens with one attached hydrogen (secondary N) is 1. The van der Waals surface area contributed by atoms with Crippen molar-refractivity contribution >= 4 is 17.7 Å². The summed E-state index contributed by atoms with van der Waals surface area (Å²) in [6.45, 7) is 5.05. The van der Waals surface area contributed by atoms with Crippen LogP contribution in [0.1, 0.15) is 30.9 Å². The number of piperidine rings is 1. The number of rotatable bonds is 6. The minimum atomic E-state index is -0.176. The Morgan fingerprint density at radius 3 is 2.74 bits per heavy atom. The molecule has 1 saturated heterocycles. The van der Waals surface area contributed by atoms with Crippen LogP contribution >= 0.6 is 11.8 Å². The second kappa shape index (κ2) is 9.12. The lowest BCUT2D eigenvalue weighted by Crippen LogP contribution is -2.47. The number of aromatic nitrogens is 3. The maximum atomic E-state index is 9.69. The standard InChI is InChI=1S/C15H28N6OS/c1-12-18-19-14(20(12)2)11-17-15(16-7-4-10-23-3)21-8-5-13(22)6-9-21/h13,22H,4-11H2,1-3H3,(H,16,17). The zero-order valence-electron chi connectivity index (χ0n) is 14.3. The van der Waals surface area contributed by atoms with Crippen molar-refractivity contribution in [2.24, 2.45) is 12.0 Å². The monoisotopic (exact) mass is 340 g/mol. The molecule has 7 nitrogen and oxygen atoms in total. The molecular formula is C15H28N6OS. The molecule has 0 amide bonds. The fraction of sp³-hybridized carbons (Fsp3) is 0.800. The van der Waals surface area contributed by atoms with E-state index in [0.717, 1.165) is 62.3 Å². The predicted molar refractivity (Wildman–Crippen MR) is 94.7 cm³/mol. The van der Waals surface area contributed by atoms with Crippen LogP contribution in [0, 0.1) is 6.92 Å². The molecule has 0 radical (unpaired) electrons. The number of hydrogen-bond donors (Lipinski definition) is 2. The van der Waals surface area contributed by atoms with Crippen molar-refractivity contribution in [1.82, 2.24) is 25.0 Å². The van der Waals surface area contributed by atoms with Crippen LogP contribution in [0.15, 0.2) is 4.99 Å². The highest BCUT2D eigenvalue weighted by atomic mass is 32.2. The van der Waals surface area contributed by atoms with Gasteiger partial charge in [-0.25, -0.2) is 4.99 Å². The van der Waals surface area contributed by atoms with Gasteiger partial charge in [-0.2, -0.15) is 11.8 Å². The first-order chi connectivity index (χ1) is 11.1. The Morgan fingerprint density at radius 1 is 1.39 bits per heavy atom. The van der Waals surface area contributed by atoms with Crippen molar-refractivity contribution in [2.45, 2.75) is 38.8 Å². The van der Waals surface area contributed by atoms with E-state index in [4.69, 9.17) is 4.99 Å². The number of likely N-dealkylation sites (tertiary alicyclic amines) is 1. The first-order valence-electron chi connectivity index (χ1n) is 8.17. The second-order valence-electron chi connectivity index (χ2n) is 5.85. The molecule has 0 aliphatic carbocycles. The molecule has 2 rings (SSSR count). The quantitative estimate of drug-likeness (QED) is 0.453. The lowest BCUT2D eigenvalue weighted by molar-refractivity contribution is 0.108. The Labute approximate surface area is 142 Å². The van der Waals surface area contributed by atoms with E-state index < -0.39 is 0 Å². The number of aliphatic hydroxyl groups excluding tert-OH is 1. The highest BCUT2D eigenvalue weighted by Gasteiger charge is 2.20. The van der Waals surface area contributed by atoms with Gasteiger partial charge in [0.05, 0.1) is 6.10 Å². The van der Waals surface area contributed by atoms with Crippen molar-refractivity contribution in [1.29, 1.82) is 0 Å². The second-order valence-corrected chi connectivity index (χ2v) is 6.84. The third kappa shape index (κ3) is 5.39. The maximum absolute atomic E-state index is 9.69. The molecule has 1 aromatic heterocycles. The summed E-state index contributed by atoms with van der Waals surface area (Å²) < 4.78 is 1.97. The highest BCUT2D eigenvalue weighted by Crippen LogP contribution is 2.10. The predicted octanol–water partition coefficient (Wildman–Crippen LogP) is 0.779. The first kappa shape index (κ1) is 18.1. The Balaban J connectivity index is 1.99. The Morgan fingerprint density at radius 2 is 2.13 bits per heavy atom. The molecule has 0 unspecified atom stereocenters. The first-order valence-corrected chi connectivity index (χ1v) is 9.56. The van der Waals surface area contributed by atoms with Gasteiger partial charge in [0.25, 0.3) is 0 Å². The number of hydrogen-bond acceptors (Lipinski definition) is 5. The minimum Gasteiger partial charge on any atom is -0.393 e. The topological polar surface area (TPSA) is 78.6 Å². The van der Waals surface area contributed by atoms with Gasteiger partial charge in [-0.1, -0.05) is 0 Å². The van der Waals surface area contributed by atoms with E-state index in [1.54, 1.807) is 0 Å². The van der Waals surface area contributed by atoms with Crippen molar-refractivity contribution in [3.05, 3.63) is 11.6 Å². The molecule has 2 N–H and O–H groups in total. The number of nitrogens with zero attached hydrogens (tertiary/aromatic N) is 5. The number of aryl methyl sites for hydroxylation is 1. The number of guanidine groups is 1. The van der Waals surface area contributed by atoms with Crippen LogP contribution in [0.3, 0.4) is 0 Å². The molecule has 1 aliphatic heterocycles. The van der Waals surface area contributed by atoms with E-state index in [1.807, 2.05) is 30.3 Å². The Kier molecular flexibility index (Phi) is 7.16. The molecule has 1 fully saturated rings. The van der Waals surface area contributed by atoms with E-state index in [-0.39, 0.29) is 6.10 Å². The summed E-state index contributed by atoms with van der Waals surface area (Å²) >= 11 is 1.86. The van der Waals surface area contributed by atoms with Crippen LogP contribution in [-0.2, 0) is 13.6 Å². The van der Waals surface area contributed by atoms with Crippen molar-refractivity contribution < 1.29 is 5.11 Å². The summed E-state index contributed by atoms with van der Waals surface area (Å²) in [7, 11) is 1.96. The molecular weight excluding hydrogens is 312 g/mol. The van der Waals surface area contributed by atoms with Crippen LogP contribution in [0.5, 0.6) is 0 Å². The van der Waals surface area contributed by atoms with Crippen LogP contribution in [0.25, 0.3) is 0 Å². The summed E-state index contributed by atoms with van der Waals surface area (Å²) in [5, 5.41) is 21.4. The van der Waals surface area contributed by atoms with Crippen molar-refractivity contribution in [3.8, 4) is 0 Å². The van der Waals surface area contributed by atoms with Gasteiger partial charge < -0.3 is 19.9 Å². The summed E-state index contributed by atoms with van der Waals surface area (Å²) in [6, 6.07) is 0. The summed E-state index contributed by atoms with van der Waals surface area (Å²) in [4.78, 5) is 6.97. The van der Waals surface area contributed by atoms with Gasteiger partial charge >= 0.3 is 0 Å². The lowest BCUT2D eigenvalue weighted by Gasteiger charge is -2.32. The minimum absolute atomic E-state index is 0.176. The molecule has 0 spiro atoms. The molecule has 23 heavy (non-hydrogen) atoms. The Bertz CT molecular complexity index is 510. The molecule has 8 heteroatoms. The van der Waals surface area contributed by atoms with Gasteiger partial charge in [-0.05, 0) is 38.2 Å². The fourth-order valence-corrected chi connectivity index (χ4v) is 2.93. The van der Waals surface area contributed by atoms with Crippen LogP contribution in [0.4, 0.5) is 0 Å². The van der Waals surface area contributed by atoms with Crippen LogP contribution < -0.4 is 5.32 Å². The lowest BCUT2D eigenvalue weighted by atomic mass is 10.1. The van der Waals surface area contributed by atoms with Gasteiger partial charge in [-0.3, -0.25) is 0 Å². The van der Waals surface area contributed by atoms with E-state index in [1.165, 1.54) is 0 Å². The molecule has 0 saturated carbocycles. The van der Waals surface area contributed by atoms with Crippen molar-refractivity contribution in [3.63, 3.8) is 0 Å².